The van der Waals surface area contributed by atoms with Crippen LogP contribution in [-0.2, 0) is 4.79 Å². The monoisotopic (exact) mass is 309 g/mol. The second-order valence-electron chi connectivity index (χ2n) is 3.86. The number of hydrogen-bond donors (Lipinski definition) is 1. The van der Waals surface area contributed by atoms with Crippen LogP contribution in [0.25, 0.3) is 0 Å². The van der Waals surface area contributed by atoms with Crippen molar-refractivity contribution in [3.8, 4) is 0 Å². The molecular weight excluding hydrogens is 298 g/mol. The number of aryl methyl sites for hydroxylation is 1. The van der Waals surface area contributed by atoms with Gasteiger partial charge in [-0.15, -0.1) is 0 Å². The Kier molecular flexibility index (Phi) is 3.71. The van der Waals surface area contributed by atoms with Crippen molar-refractivity contribution in [3.63, 3.8) is 0 Å². The molecule has 0 aliphatic heterocycles. The fourth-order valence-corrected chi connectivity index (χ4v) is 1.88. The molecule has 1 amide bonds. The van der Waals surface area contributed by atoms with E-state index in [1.165, 1.54) is 17.3 Å². The fourth-order valence-electron chi connectivity index (χ4n) is 1.43. The predicted octanol–water partition coefficient (Wildman–Crippen LogP) is 1.94. The van der Waals surface area contributed by atoms with Gasteiger partial charge in [-0.3, -0.25) is 4.79 Å². The Morgan fingerprint density at radius 1 is 1.56 bits per heavy atom. The first-order valence-electron chi connectivity index (χ1n) is 5.35. The molecule has 94 valence electrons. The minimum absolute atomic E-state index is 0.182. The van der Waals surface area contributed by atoms with Crippen LogP contribution in [0.4, 0.5) is 5.82 Å². The molecule has 0 aromatic carbocycles. The second-order valence-corrected chi connectivity index (χ2v) is 4.78. The highest BCUT2D eigenvalue weighted by molar-refractivity contribution is 9.10. The van der Waals surface area contributed by atoms with Crippen LogP contribution in [0, 0.1) is 6.92 Å². The zero-order valence-electron chi connectivity index (χ0n) is 9.96. The number of anilines is 1. The number of carbonyl (C=O) groups is 1. The minimum Gasteiger partial charge on any atom is -0.309 e. The molecule has 2 aromatic heterocycles. The molecule has 1 N–H and O–H groups in total. The number of halogens is 1. The van der Waals surface area contributed by atoms with Crippen LogP contribution in [-0.4, -0.2) is 25.7 Å². The fraction of sp³-hybridized carbons (Fsp3) is 0.273. The van der Waals surface area contributed by atoms with E-state index in [0.717, 1.165) is 10.0 Å². The quantitative estimate of drug-likeness (QED) is 0.940. The smallest absolute Gasteiger partial charge is 0.250 e. The molecule has 0 aliphatic carbocycles. The van der Waals surface area contributed by atoms with Crippen molar-refractivity contribution < 1.29 is 4.79 Å². The van der Waals surface area contributed by atoms with Gasteiger partial charge in [0, 0.05) is 10.7 Å². The summed E-state index contributed by atoms with van der Waals surface area (Å²) in [4.78, 5) is 20.0. The summed E-state index contributed by atoms with van der Waals surface area (Å²) < 4.78 is 2.37. The van der Waals surface area contributed by atoms with Crippen LogP contribution in [0.2, 0.25) is 0 Å². The van der Waals surface area contributed by atoms with Gasteiger partial charge in [0.1, 0.15) is 24.5 Å². The molecular formula is C11H12BrN5O. The van der Waals surface area contributed by atoms with Crippen molar-refractivity contribution in [2.75, 3.05) is 5.32 Å². The second kappa shape index (κ2) is 5.26. The van der Waals surface area contributed by atoms with Gasteiger partial charge in [-0.05, 0) is 41.4 Å². The third-order valence-electron chi connectivity index (χ3n) is 2.50. The molecule has 0 spiro atoms. The molecule has 0 saturated carbocycles. The first-order chi connectivity index (χ1) is 8.58. The van der Waals surface area contributed by atoms with Crippen LogP contribution in [0.5, 0.6) is 0 Å². The molecule has 18 heavy (non-hydrogen) atoms. The van der Waals surface area contributed by atoms with Crippen molar-refractivity contribution in [2.24, 2.45) is 0 Å². The van der Waals surface area contributed by atoms with E-state index in [0.29, 0.717) is 5.82 Å². The Morgan fingerprint density at radius 3 is 2.94 bits per heavy atom. The van der Waals surface area contributed by atoms with E-state index < -0.39 is 6.04 Å². The van der Waals surface area contributed by atoms with Crippen LogP contribution < -0.4 is 5.32 Å². The van der Waals surface area contributed by atoms with E-state index in [1.807, 2.05) is 13.0 Å². The van der Waals surface area contributed by atoms with E-state index in [4.69, 9.17) is 0 Å². The van der Waals surface area contributed by atoms with Gasteiger partial charge in [0.25, 0.3) is 0 Å². The van der Waals surface area contributed by atoms with Crippen molar-refractivity contribution in [1.82, 2.24) is 19.7 Å². The highest BCUT2D eigenvalue weighted by Crippen LogP contribution is 2.17. The van der Waals surface area contributed by atoms with E-state index in [9.17, 15) is 4.79 Å². The molecule has 7 heteroatoms. The Labute approximate surface area is 113 Å². The zero-order chi connectivity index (χ0) is 13.1. The summed E-state index contributed by atoms with van der Waals surface area (Å²) in [6.07, 6.45) is 4.54. The van der Waals surface area contributed by atoms with Gasteiger partial charge in [-0.25, -0.2) is 14.6 Å². The van der Waals surface area contributed by atoms with Crippen LogP contribution in [0.3, 0.4) is 0 Å². The maximum atomic E-state index is 12.0. The zero-order valence-corrected chi connectivity index (χ0v) is 11.5. The predicted molar refractivity (Wildman–Crippen MR) is 70.0 cm³/mol. The number of amides is 1. The molecule has 0 bridgehead atoms. The van der Waals surface area contributed by atoms with Gasteiger partial charge in [0.2, 0.25) is 5.91 Å². The van der Waals surface area contributed by atoms with Crippen molar-refractivity contribution in [1.29, 1.82) is 0 Å². The molecule has 1 atom stereocenters. The van der Waals surface area contributed by atoms with Crippen LogP contribution in [0.15, 0.2) is 29.4 Å². The van der Waals surface area contributed by atoms with Crippen LogP contribution >= 0.6 is 15.9 Å². The summed E-state index contributed by atoms with van der Waals surface area (Å²) in [5.74, 6) is 0.369. The lowest BCUT2D eigenvalue weighted by molar-refractivity contribution is -0.119. The van der Waals surface area contributed by atoms with Crippen molar-refractivity contribution in [3.05, 3.63) is 35.0 Å². The summed E-state index contributed by atoms with van der Waals surface area (Å²) in [6, 6.07) is 1.46. The van der Waals surface area contributed by atoms with Gasteiger partial charge in [0.15, 0.2) is 0 Å². The van der Waals surface area contributed by atoms with Crippen molar-refractivity contribution >= 4 is 27.7 Å². The average Bonchev–Trinajstić information content (AvgIpc) is 2.85. The lowest BCUT2D eigenvalue weighted by atomic mass is 10.2. The van der Waals surface area contributed by atoms with Gasteiger partial charge >= 0.3 is 0 Å². The highest BCUT2D eigenvalue weighted by Gasteiger charge is 2.16. The molecule has 1 unspecified atom stereocenters. The molecule has 0 saturated heterocycles. The molecule has 0 aliphatic rings. The Bertz CT molecular complexity index is 555. The summed E-state index contributed by atoms with van der Waals surface area (Å²) >= 11 is 3.33. The highest BCUT2D eigenvalue weighted by atomic mass is 79.9. The molecule has 2 rings (SSSR count). The largest absolute Gasteiger partial charge is 0.309 e. The molecule has 6 nitrogen and oxygen atoms in total. The standard InChI is InChI=1S/C11H12BrN5O/c1-7-3-9(12)4-14-10(7)16-11(18)8(2)17-6-13-5-15-17/h3-6,8H,1-2H3,(H,14,16,18). The van der Waals surface area contributed by atoms with E-state index >= 15 is 0 Å². The Morgan fingerprint density at radius 2 is 2.33 bits per heavy atom. The molecule has 0 fully saturated rings. The van der Waals surface area contributed by atoms with E-state index in [-0.39, 0.29) is 5.91 Å². The lowest BCUT2D eigenvalue weighted by Crippen LogP contribution is -2.24. The van der Waals surface area contributed by atoms with Gasteiger partial charge < -0.3 is 5.32 Å². The third-order valence-corrected chi connectivity index (χ3v) is 2.93. The molecule has 2 heterocycles. The first-order valence-corrected chi connectivity index (χ1v) is 6.14. The topological polar surface area (TPSA) is 72.7 Å². The number of pyridine rings is 1. The SMILES string of the molecule is Cc1cc(Br)cnc1NC(=O)C(C)n1cncn1. The van der Waals surface area contributed by atoms with Gasteiger partial charge in [0.05, 0.1) is 0 Å². The summed E-state index contributed by atoms with van der Waals surface area (Å²) in [7, 11) is 0. The first kappa shape index (κ1) is 12.7. The minimum atomic E-state index is -0.433. The van der Waals surface area contributed by atoms with Gasteiger partial charge in [-0.2, -0.15) is 5.10 Å². The summed E-state index contributed by atoms with van der Waals surface area (Å²) in [6.45, 7) is 3.63. The normalized spacial score (nSPS) is 12.2. The number of hydrogen-bond acceptors (Lipinski definition) is 4. The third kappa shape index (κ3) is 2.73. The maximum absolute atomic E-state index is 12.0. The van der Waals surface area contributed by atoms with Gasteiger partial charge in [-0.1, -0.05) is 0 Å². The van der Waals surface area contributed by atoms with E-state index in [1.54, 1.807) is 13.1 Å². The molecule has 0 radical (unpaired) electrons. The number of carbonyl (C=O) groups excluding carboxylic acids is 1. The number of nitrogens with zero attached hydrogens (tertiary/aromatic N) is 4. The summed E-state index contributed by atoms with van der Waals surface area (Å²) in [5, 5.41) is 6.70. The maximum Gasteiger partial charge on any atom is 0.250 e. The lowest BCUT2D eigenvalue weighted by Gasteiger charge is -2.12. The van der Waals surface area contributed by atoms with Crippen molar-refractivity contribution in [2.45, 2.75) is 19.9 Å². The number of rotatable bonds is 3. The van der Waals surface area contributed by atoms with Crippen LogP contribution in [0.1, 0.15) is 18.5 Å². The Hall–Kier alpha value is -1.76. The number of aromatic nitrogens is 4. The van der Waals surface area contributed by atoms with E-state index in [2.05, 4.69) is 36.3 Å². The summed E-state index contributed by atoms with van der Waals surface area (Å²) in [5.41, 5.74) is 0.892. The number of nitrogens with one attached hydrogen (secondary N) is 1. The molecule has 2 aromatic rings. The average molecular weight is 310 g/mol. The Balaban J connectivity index is 2.12.